The van der Waals surface area contributed by atoms with Gasteiger partial charge in [-0.25, -0.2) is 0 Å². The molecule has 0 spiro atoms. The van der Waals surface area contributed by atoms with Crippen molar-refractivity contribution in [2.75, 3.05) is 13.6 Å². The minimum Gasteiger partial charge on any atom is -0.319 e. The highest BCUT2D eigenvalue weighted by Gasteiger charge is 2.27. The number of hydrogen-bond donors (Lipinski definition) is 1. The Hall–Kier alpha value is -0.0400. The quantitative estimate of drug-likeness (QED) is 0.656. The second-order valence-electron chi connectivity index (χ2n) is 4.21. The Balaban J connectivity index is 2.09. The number of rotatable bonds is 4. The third-order valence-electron chi connectivity index (χ3n) is 3.06. The third kappa shape index (κ3) is 2.48. The molecule has 0 aliphatic heterocycles. The van der Waals surface area contributed by atoms with Crippen molar-refractivity contribution in [3.05, 3.63) is 0 Å². The summed E-state index contributed by atoms with van der Waals surface area (Å²) in [6.07, 6.45) is 4.38. The predicted molar refractivity (Wildman–Crippen MR) is 49.6 cm³/mol. The summed E-state index contributed by atoms with van der Waals surface area (Å²) in [5.41, 5.74) is 0. The van der Waals surface area contributed by atoms with Crippen LogP contribution >= 0.6 is 0 Å². The van der Waals surface area contributed by atoms with E-state index in [0.29, 0.717) is 0 Å². The maximum atomic E-state index is 3.24. The molecule has 1 nitrogen and oxygen atoms in total. The molecule has 3 unspecified atom stereocenters. The van der Waals surface area contributed by atoms with Crippen molar-refractivity contribution < 1.29 is 0 Å². The van der Waals surface area contributed by atoms with E-state index in [9.17, 15) is 0 Å². The fourth-order valence-corrected chi connectivity index (χ4v) is 2.03. The highest BCUT2D eigenvalue weighted by Crippen LogP contribution is 2.37. The first-order chi connectivity index (χ1) is 5.24. The SMILES string of the molecule is CNCC(C)CC1CCC1C. The second-order valence-corrected chi connectivity index (χ2v) is 4.21. The first-order valence-corrected chi connectivity index (χ1v) is 4.88. The zero-order valence-corrected chi connectivity index (χ0v) is 8.06. The monoisotopic (exact) mass is 155 g/mol. The molecule has 1 saturated carbocycles. The molecule has 0 aromatic rings. The fourth-order valence-electron chi connectivity index (χ4n) is 2.03. The van der Waals surface area contributed by atoms with Gasteiger partial charge >= 0.3 is 0 Å². The molecule has 1 N–H and O–H groups in total. The van der Waals surface area contributed by atoms with Gasteiger partial charge in [0.15, 0.2) is 0 Å². The van der Waals surface area contributed by atoms with E-state index in [1.54, 1.807) is 0 Å². The van der Waals surface area contributed by atoms with Crippen LogP contribution in [0.25, 0.3) is 0 Å². The molecule has 1 fully saturated rings. The van der Waals surface area contributed by atoms with Crippen LogP contribution in [0.5, 0.6) is 0 Å². The van der Waals surface area contributed by atoms with Crippen molar-refractivity contribution in [2.45, 2.75) is 33.1 Å². The van der Waals surface area contributed by atoms with Crippen LogP contribution in [0.15, 0.2) is 0 Å². The van der Waals surface area contributed by atoms with E-state index in [0.717, 1.165) is 17.8 Å². The molecule has 0 heterocycles. The van der Waals surface area contributed by atoms with Gasteiger partial charge < -0.3 is 5.32 Å². The van der Waals surface area contributed by atoms with Gasteiger partial charge in [-0.15, -0.1) is 0 Å². The Morgan fingerprint density at radius 1 is 1.45 bits per heavy atom. The summed E-state index contributed by atoms with van der Waals surface area (Å²) in [7, 11) is 2.04. The van der Waals surface area contributed by atoms with Crippen molar-refractivity contribution >= 4 is 0 Å². The molecule has 0 radical (unpaired) electrons. The van der Waals surface area contributed by atoms with E-state index in [1.165, 1.54) is 25.8 Å². The summed E-state index contributed by atoms with van der Waals surface area (Å²) in [5.74, 6) is 2.92. The highest BCUT2D eigenvalue weighted by atomic mass is 14.8. The summed E-state index contributed by atoms with van der Waals surface area (Å²) in [5, 5.41) is 3.24. The molecule has 1 aliphatic carbocycles. The minimum absolute atomic E-state index is 0.868. The zero-order valence-electron chi connectivity index (χ0n) is 8.06. The van der Waals surface area contributed by atoms with Gasteiger partial charge in [-0.1, -0.05) is 20.3 Å². The number of nitrogens with one attached hydrogen (secondary N) is 1. The van der Waals surface area contributed by atoms with Crippen LogP contribution in [0.1, 0.15) is 33.1 Å². The molecule has 1 rings (SSSR count). The topological polar surface area (TPSA) is 12.0 Å². The summed E-state index contributed by atoms with van der Waals surface area (Å²) >= 11 is 0. The predicted octanol–water partition coefficient (Wildman–Crippen LogP) is 2.28. The van der Waals surface area contributed by atoms with Gasteiger partial charge in [-0.3, -0.25) is 0 Å². The lowest BCUT2D eigenvalue weighted by molar-refractivity contribution is 0.160. The lowest BCUT2D eigenvalue weighted by atomic mass is 9.71. The van der Waals surface area contributed by atoms with E-state index in [-0.39, 0.29) is 0 Å². The van der Waals surface area contributed by atoms with Crippen molar-refractivity contribution in [3.8, 4) is 0 Å². The van der Waals surface area contributed by atoms with E-state index >= 15 is 0 Å². The van der Waals surface area contributed by atoms with Gasteiger partial charge in [-0.2, -0.15) is 0 Å². The maximum absolute atomic E-state index is 3.24. The Kier molecular flexibility index (Phi) is 3.38. The third-order valence-corrected chi connectivity index (χ3v) is 3.06. The van der Waals surface area contributed by atoms with Gasteiger partial charge in [0, 0.05) is 0 Å². The standard InChI is InChI=1S/C10H21N/c1-8(7-11-3)6-10-5-4-9(10)2/h8-11H,4-7H2,1-3H3. The Bertz CT molecular complexity index is 111. The van der Waals surface area contributed by atoms with Gasteiger partial charge in [0.25, 0.3) is 0 Å². The van der Waals surface area contributed by atoms with Crippen molar-refractivity contribution in [1.82, 2.24) is 5.32 Å². The highest BCUT2D eigenvalue weighted by molar-refractivity contribution is 4.78. The van der Waals surface area contributed by atoms with E-state index in [1.807, 2.05) is 7.05 Å². The average molecular weight is 155 g/mol. The van der Waals surface area contributed by atoms with Crippen LogP contribution < -0.4 is 5.32 Å². The molecule has 1 aliphatic rings. The largest absolute Gasteiger partial charge is 0.319 e. The summed E-state index contributed by atoms with van der Waals surface area (Å²) < 4.78 is 0. The Morgan fingerprint density at radius 3 is 2.55 bits per heavy atom. The molecule has 0 saturated heterocycles. The molecule has 11 heavy (non-hydrogen) atoms. The molecule has 0 bridgehead atoms. The van der Waals surface area contributed by atoms with E-state index < -0.39 is 0 Å². The average Bonchev–Trinajstić information content (AvgIpc) is 1.98. The van der Waals surface area contributed by atoms with Gasteiger partial charge in [0.2, 0.25) is 0 Å². The molecule has 3 atom stereocenters. The van der Waals surface area contributed by atoms with Crippen molar-refractivity contribution in [3.63, 3.8) is 0 Å². The Labute approximate surface area is 70.6 Å². The molecular formula is C10H21N. The van der Waals surface area contributed by atoms with Crippen LogP contribution in [0.2, 0.25) is 0 Å². The number of hydrogen-bond acceptors (Lipinski definition) is 1. The molecule has 0 amide bonds. The van der Waals surface area contributed by atoms with E-state index in [4.69, 9.17) is 0 Å². The Morgan fingerprint density at radius 2 is 2.18 bits per heavy atom. The minimum atomic E-state index is 0.868. The molecule has 0 aromatic carbocycles. The summed E-state index contributed by atoms with van der Waals surface area (Å²) in [6, 6.07) is 0. The van der Waals surface area contributed by atoms with Crippen LogP contribution in [0.3, 0.4) is 0 Å². The first-order valence-electron chi connectivity index (χ1n) is 4.88. The smallest absolute Gasteiger partial charge is 0.00261 e. The lowest BCUT2D eigenvalue weighted by Gasteiger charge is -2.35. The van der Waals surface area contributed by atoms with Gasteiger partial charge in [0.05, 0.1) is 0 Å². The lowest BCUT2D eigenvalue weighted by Crippen LogP contribution is -2.27. The normalized spacial score (nSPS) is 33.0. The van der Waals surface area contributed by atoms with Crippen molar-refractivity contribution in [2.24, 2.45) is 17.8 Å². The molecular weight excluding hydrogens is 134 g/mol. The fraction of sp³-hybridized carbons (Fsp3) is 1.00. The summed E-state index contributed by atoms with van der Waals surface area (Å²) in [6.45, 7) is 5.92. The van der Waals surface area contributed by atoms with Crippen LogP contribution in [0, 0.1) is 17.8 Å². The van der Waals surface area contributed by atoms with Gasteiger partial charge in [0.1, 0.15) is 0 Å². The zero-order chi connectivity index (χ0) is 8.27. The van der Waals surface area contributed by atoms with E-state index in [2.05, 4.69) is 19.2 Å². The van der Waals surface area contributed by atoms with Crippen LogP contribution in [0.4, 0.5) is 0 Å². The summed E-state index contributed by atoms with van der Waals surface area (Å²) in [4.78, 5) is 0. The van der Waals surface area contributed by atoms with Crippen molar-refractivity contribution in [1.29, 1.82) is 0 Å². The van der Waals surface area contributed by atoms with Crippen LogP contribution in [-0.4, -0.2) is 13.6 Å². The first kappa shape index (κ1) is 9.05. The maximum Gasteiger partial charge on any atom is -0.00261 e. The molecule has 0 aromatic heterocycles. The molecule has 66 valence electrons. The van der Waals surface area contributed by atoms with Crippen LogP contribution in [-0.2, 0) is 0 Å². The second kappa shape index (κ2) is 4.10. The van der Waals surface area contributed by atoms with Gasteiger partial charge in [-0.05, 0) is 44.2 Å². The molecule has 1 heteroatoms.